The third-order valence-corrected chi connectivity index (χ3v) is 6.49. The fourth-order valence-electron chi connectivity index (χ4n) is 2.28. The Hall–Kier alpha value is -2.24. The summed E-state index contributed by atoms with van der Waals surface area (Å²) in [6.07, 6.45) is 2.09. The predicted octanol–water partition coefficient (Wildman–Crippen LogP) is 5.55. The molecule has 0 N–H and O–H groups in total. The molecule has 3 rings (SSSR count). The molecule has 0 fully saturated rings. The Kier molecular flexibility index (Phi) is 7.51. The lowest BCUT2D eigenvalue weighted by molar-refractivity contribution is 0.414. The van der Waals surface area contributed by atoms with E-state index < -0.39 is 9.84 Å². The van der Waals surface area contributed by atoms with Crippen molar-refractivity contribution in [3.63, 3.8) is 0 Å². The molecule has 0 aliphatic carbocycles. The van der Waals surface area contributed by atoms with Gasteiger partial charge in [-0.2, -0.15) is 0 Å². The van der Waals surface area contributed by atoms with Gasteiger partial charge in [-0.25, -0.2) is 8.42 Å². The van der Waals surface area contributed by atoms with Crippen molar-refractivity contribution in [3.05, 3.63) is 83.9 Å². The lowest BCUT2D eigenvalue weighted by atomic mass is 10.2. The molecule has 0 unspecified atom stereocenters. The van der Waals surface area contributed by atoms with Crippen molar-refractivity contribution in [2.75, 3.05) is 13.4 Å². The highest BCUT2D eigenvalue weighted by Gasteiger charge is 2.17. The van der Waals surface area contributed by atoms with E-state index in [0.717, 1.165) is 5.56 Å². The maximum Gasteiger partial charge on any atom is 0.206 e. The zero-order valence-electron chi connectivity index (χ0n) is 16.0. The molecule has 0 aromatic heterocycles. The summed E-state index contributed by atoms with van der Waals surface area (Å²) in [4.78, 5) is 1.91. The molecule has 0 heterocycles. The van der Waals surface area contributed by atoms with Gasteiger partial charge in [-0.3, -0.25) is 0 Å². The zero-order valence-corrected chi connectivity index (χ0v) is 17.6. The number of hydrogen-bond donors (Lipinski definition) is 0. The Morgan fingerprint density at radius 3 is 1.52 bits per heavy atom. The Morgan fingerprint density at radius 2 is 1.11 bits per heavy atom. The van der Waals surface area contributed by atoms with Gasteiger partial charge in [0, 0.05) is 4.90 Å². The predicted molar refractivity (Wildman–Crippen MR) is 113 cm³/mol. The maximum atomic E-state index is 12.3. The second-order valence-electron chi connectivity index (χ2n) is 6.01. The molecule has 3 aromatic carbocycles. The maximum absolute atomic E-state index is 12.3. The molecule has 3 nitrogen and oxygen atoms in total. The number of methoxy groups -OCH3 is 1. The van der Waals surface area contributed by atoms with Crippen LogP contribution < -0.4 is 4.74 Å². The van der Waals surface area contributed by atoms with Crippen LogP contribution in [0.1, 0.15) is 11.1 Å². The van der Waals surface area contributed by atoms with Crippen LogP contribution in [-0.4, -0.2) is 21.8 Å². The van der Waals surface area contributed by atoms with Crippen LogP contribution in [0.25, 0.3) is 0 Å². The Bertz CT molecular complexity index is 944. The van der Waals surface area contributed by atoms with Gasteiger partial charge in [0.2, 0.25) is 9.84 Å². The summed E-state index contributed by atoms with van der Waals surface area (Å²) < 4.78 is 29.6. The summed E-state index contributed by atoms with van der Waals surface area (Å²) in [7, 11) is -1.89. The van der Waals surface area contributed by atoms with E-state index in [1.165, 1.54) is 10.5 Å². The first-order valence-corrected chi connectivity index (χ1v) is 11.1. The van der Waals surface area contributed by atoms with Crippen LogP contribution in [0.3, 0.4) is 0 Å². The third-order valence-electron chi connectivity index (χ3n) is 3.96. The molecule has 27 heavy (non-hydrogen) atoms. The van der Waals surface area contributed by atoms with E-state index >= 15 is 0 Å². The molecular weight excluding hydrogens is 376 g/mol. The first-order valence-electron chi connectivity index (χ1n) is 8.43. The molecule has 0 aliphatic rings. The molecule has 0 amide bonds. The number of benzene rings is 3. The molecule has 0 atom stereocenters. The average molecular weight is 401 g/mol. The van der Waals surface area contributed by atoms with Crippen molar-refractivity contribution in [1.82, 2.24) is 0 Å². The van der Waals surface area contributed by atoms with Crippen molar-refractivity contribution in [2.24, 2.45) is 0 Å². The number of aryl methyl sites for hydroxylation is 2. The fourth-order valence-corrected chi connectivity index (χ4v) is 3.95. The monoisotopic (exact) mass is 400 g/mol. The second kappa shape index (κ2) is 9.62. The van der Waals surface area contributed by atoms with E-state index in [9.17, 15) is 8.42 Å². The standard InChI is InChI=1S/C14H14O3S.C8H10S/c1-11-3-7-13(8-4-11)18(15,16)14-9-5-12(17-2)6-10-14;1-7-3-5-8(9-2)6-4-7/h3-10H,1-2H3;3-6H,1-2H3. The lowest BCUT2D eigenvalue weighted by Gasteiger charge is -2.06. The summed E-state index contributed by atoms with van der Waals surface area (Å²) in [5.74, 6) is 0.637. The number of hydrogen-bond acceptors (Lipinski definition) is 4. The van der Waals surface area contributed by atoms with E-state index in [-0.39, 0.29) is 4.90 Å². The van der Waals surface area contributed by atoms with Crippen LogP contribution in [0, 0.1) is 13.8 Å². The van der Waals surface area contributed by atoms with E-state index in [2.05, 4.69) is 37.4 Å². The number of ether oxygens (including phenoxy) is 1. The van der Waals surface area contributed by atoms with Crippen molar-refractivity contribution < 1.29 is 13.2 Å². The SMILES string of the molecule is COc1ccc(S(=O)(=O)c2ccc(C)cc2)cc1.CSc1ccc(C)cc1. The molecule has 0 spiro atoms. The zero-order chi connectivity index (χ0) is 19.9. The van der Waals surface area contributed by atoms with Gasteiger partial charge in [-0.15, -0.1) is 11.8 Å². The molecule has 0 radical (unpaired) electrons. The molecule has 0 bridgehead atoms. The van der Waals surface area contributed by atoms with Crippen molar-refractivity contribution in [1.29, 1.82) is 0 Å². The van der Waals surface area contributed by atoms with Gasteiger partial charge in [0.25, 0.3) is 0 Å². The minimum absolute atomic E-state index is 0.271. The fraction of sp³-hybridized carbons (Fsp3) is 0.182. The van der Waals surface area contributed by atoms with Crippen LogP contribution in [0.2, 0.25) is 0 Å². The molecule has 3 aromatic rings. The minimum atomic E-state index is -3.44. The molecule has 0 saturated carbocycles. The first kappa shape index (κ1) is 21.1. The topological polar surface area (TPSA) is 43.4 Å². The summed E-state index contributed by atoms with van der Waals surface area (Å²) in [6.45, 7) is 4.02. The Labute approximate surface area is 166 Å². The van der Waals surface area contributed by atoms with Crippen LogP contribution >= 0.6 is 11.8 Å². The van der Waals surface area contributed by atoms with Crippen molar-refractivity contribution in [3.8, 4) is 5.75 Å². The van der Waals surface area contributed by atoms with Gasteiger partial charge in [-0.05, 0) is 68.6 Å². The Morgan fingerprint density at radius 1 is 0.704 bits per heavy atom. The highest BCUT2D eigenvalue weighted by atomic mass is 32.2. The van der Waals surface area contributed by atoms with Gasteiger partial charge >= 0.3 is 0 Å². The smallest absolute Gasteiger partial charge is 0.206 e. The van der Waals surface area contributed by atoms with E-state index in [0.29, 0.717) is 10.6 Å². The van der Waals surface area contributed by atoms with E-state index in [1.54, 1.807) is 67.4 Å². The molecular formula is C22H24O3S2. The highest BCUT2D eigenvalue weighted by molar-refractivity contribution is 7.98. The normalized spacial score (nSPS) is 10.7. The Balaban J connectivity index is 0.000000244. The third kappa shape index (κ3) is 5.88. The van der Waals surface area contributed by atoms with Crippen LogP contribution in [-0.2, 0) is 9.84 Å². The molecule has 142 valence electrons. The summed E-state index contributed by atoms with van der Waals surface area (Å²) >= 11 is 1.78. The van der Waals surface area contributed by atoms with Gasteiger partial charge < -0.3 is 4.74 Å². The van der Waals surface area contributed by atoms with Crippen molar-refractivity contribution >= 4 is 21.6 Å². The average Bonchev–Trinajstić information content (AvgIpc) is 2.69. The summed E-state index contributed by atoms with van der Waals surface area (Å²) in [5, 5.41) is 0. The van der Waals surface area contributed by atoms with Gasteiger partial charge in [-0.1, -0.05) is 35.4 Å². The molecule has 0 saturated heterocycles. The van der Waals surface area contributed by atoms with Crippen molar-refractivity contribution in [2.45, 2.75) is 28.5 Å². The first-order chi connectivity index (χ1) is 12.9. The van der Waals surface area contributed by atoms with Gasteiger partial charge in [0.15, 0.2) is 0 Å². The van der Waals surface area contributed by atoms with E-state index in [1.807, 2.05) is 6.92 Å². The second-order valence-corrected chi connectivity index (χ2v) is 8.84. The lowest BCUT2D eigenvalue weighted by Crippen LogP contribution is -2.01. The number of rotatable bonds is 4. The molecule has 5 heteroatoms. The van der Waals surface area contributed by atoms with Crippen LogP contribution in [0.15, 0.2) is 87.5 Å². The van der Waals surface area contributed by atoms with Gasteiger partial charge in [0.05, 0.1) is 16.9 Å². The van der Waals surface area contributed by atoms with Crippen LogP contribution in [0.4, 0.5) is 0 Å². The number of sulfone groups is 1. The summed E-state index contributed by atoms with van der Waals surface area (Å²) in [6, 6.07) is 21.7. The van der Waals surface area contributed by atoms with Crippen LogP contribution in [0.5, 0.6) is 5.75 Å². The highest BCUT2D eigenvalue weighted by Crippen LogP contribution is 2.23. The van der Waals surface area contributed by atoms with E-state index in [4.69, 9.17) is 4.74 Å². The molecule has 0 aliphatic heterocycles. The quantitative estimate of drug-likeness (QED) is 0.538. The summed E-state index contributed by atoms with van der Waals surface area (Å²) in [5.41, 5.74) is 2.36. The van der Waals surface area contributed by atoms with Gasteiger partial charge in [0.1, 0.15) is 5.75 Å². The largest absolute Gasteiger partial charge is 0.497 e. The minimum Gasteiger partial charge on any atom is -0.497 e. The number of thioether (sulfide) groups is 1.